The van der Waals surface area contributed by atoms with Crippen LogP contribution in [0.25, 0.3) is 16.6 Å². The number of pyridine rings is 2. The second-order valence-electron chi connectivity index (χ2n) is 9.10. The monoisotopic (exact) mass is 550 g/mol. The van der Waals surface area contributed by atoms with Crippen LogP contribution in [0.5, 0.6) is 11.5 Å². The van der Waals surface area contributed by atoms with Gasteiger partial charge in [-0.2, -0.15) is 18.3 Å². The lowest BCUT2D eigenvalue weighted by Gasteiger charge is -2.12. The fourth-order valence-corrected chi connectivity index (χ4v) is 3.84. The van der Waals surface area contributed by atoms with Gasteiger partial charge >= 0.3 is 12.2 Å². The molecule has 0 saturated heterocycles. The molecule has 2 N–H and O–H groups in total. The molecule has 0 aliphatic carbocycles. The van der Waals surface area contributed by atoms with E-state index in [0.717, 1.165) is 41.0 Å². The van der Waals surface area contributed by atoms with Gasteiger partial charge in [0.15, 0.2) is 0 Å². The first-order chi connectivity index (χ1) is 19.1. The Morgan fingerprint density at radius 3 is 2.48 bits per heavy atom. The third-order valence-corrected chi connectivity index (χ3v) is 5.84. The largest absolute Gasteiger partial charge is 0.456 e. The lowest BCUT2D eigenvalue weighted by Crippen LogP contribution is -2.22. The summed E-state index contributed by atoms with van der Waals surface area (Å²) in [7, 11) is 0. The molecule has 0 saturated carbocycles. The smallest absolute Gasteiger partial charge is 0.433 e. The molecule has 0 bridgehead atoms. The molecule has 5 aromatic rings. The Bertz CT molecular complexity index is 1680. The van der Waals surface area contributed by atoms with Gasteiger partial charge in [0.05, 0.1) is 28.8 Å². The van der Waals surface area contributed by atoms with Gasteiger partial charge in [-0.15, -0.1) is 0 Å². The summed E-state index contributed by atoms with van der Waals surface area (Å²) < 4.78 is 59.8. The first-order valence-corrected chi connectivity index (χ1v) is 12.1. The highest BCUT2D eigenvalue weighted by atomic mass is 19.4. The summed E-state index contributed by atoms with van der Waals surface area (Å²) in [6.45, 7) is 3.93. The van der Waals surface area contributed by atoms with E-state index in [1.807, 2.05) is 44.2 Å². The highest BCUT2D eigenvalue weighted by molar-refractivity contribution is 5.99. The second-order valence-corrected chi connectivity index (χ2v) is 9.10. The average molecular weight is 551 g/mol. The summed E-state index contributed by atoms with van der Waals surface area (Å²) >= 11 is 0. The van der Waals surface area contributed by atoms with Crippen LogP contribution >= 0.6 is 0 Å². The number of carbonyl (C=O) groups excluding carboxylic acids is 1. The molecule has 0 aliphatic heterocycles. The zero-order valence-corrected chi connectivity index (χ0v) is 21.2. The van der Waals surface area contributed by atoms with Crippen LogP contribution in [0, 0.1) is 5.82 Å². The Morgan fingerprint density at radius 1 is 0.950 bits per heavy atom. The minimum Gasteiger partial charge on any atom is -0.456 e. The van der Waals surface area contributed by atoms with Crippen molar-refractivity contribution < 1.29 is 27.1 Å². The Kier molecular flexibility index (Phi) is 7.07. The van der Waals surface area contributed by atoms with Gasteiger partial charge < -0.3 is 10.1 Å². The van der Waals surface area contributed by atoms with Crippen LogP contribution in [0.3, 0.4) is 0 Å². The number of anilines is 2. The van der Waals surface area contributed by atoms with Gasteiger partial charge in [0.1, 0.15) is 28.8 Å². The van der Waals surface area contributed by atoms with Gasteiger partial charge in [0.2, 0.25) is 0 Å². The molecule has 5 rings (SSSR count). The number of aromatic nitrogens is 4. The Hall–Kier alpha value is -5.00. The van der Waals surface area contributed by atoms with Crippen LogP contribution in [0.2, 0.25) is 0 Å². The third kappa shape index (κ3) is 5.85. The summed E-state index contributed by atoms with van der Waals surface area (Å²) in [5, 5.41) is 10.7. The van der Waals surface area contributed by atoms with E-state index in [2.05, 4.69) is 25.7 Å². The predicted molar refractivity (Wildman–Crippen MR) is 141 cm³/mol. The van der Waals surface area contributed by atoms with E-state index in [9.17, 15) is 22.4 Å². The molecule has 2 aromatic carbocycles. The van der Waals surface area contributed by atoms with Gasteiger partial charge in [-0.3, -0.25) is 10.3 Å². The number of hydrogen-bond donors (Lipinski definition) is 2. The number of carbonyl (C=O) groups is 1. The van der Waals surface area contributed by atoms with Crippen molar-refractivity contribution in [3.05, 3.63) is 96.3 Å². The maximum atomic E-state index is 14.5. The molecule has 40 heavy (non-hydrogen) atoms. The van der Waals surface area contributed by atoms with Gasteiger partial charge in [-0.05, 0) is 54.4 Å². The molecule has 0 unspecified atom stereocenters. The second kappa shape index (κ2) is 10.6. The summed E-state index contributed by atoms with van der Waals surface area (Å²) in [5.41, 5.74) is 0.946. The van der Waals surface area contributed by atoms with Crippen LogP contribution in [-0.2, 0) is 6.18 Å². The van der Waals surface area contributed by atoms with Crippen molar-refractivity contribution in [3.8, 4) is 17.2 Å². The summed E-state index contributed by atoms with van der Waals surface area (Å²) in [6, 6.07) is 15.7. The van der Waals surface area contributed by atoms with Crippen LogP contribution in [0.15, 0.2) is 79.1 Å². The van der Waals surface area contributed by atoms with E-state index in [-0.39, 0.29) is 23.1 Å². The maximum Gasteiger partial charge on any atom is 0.433 e. The number of rotatable bonds is 6. The van der Waals surface area contributed by atoms with Crippen molar-refractivity contribution >= 4 is 28.4 Å². The molecule has 0 spiro atoms. The molecule has 0 atom stereocenters. The molecular formula is C28H22F4N6O2. The van der Waals surface area contributed by atoms with Crippen molar-refractivity contribution in [2.45, 2.75) is 25.9 Å². The average Bonchev–Trinajstić information content (AvgIpc) is 3.34. The number of benzene rings is 2. The van der Waals surface area contributed by atoms with Crippen LogP contribution in [0.1, 0.15) is 31.2 Å². The maximum absolute atomic E-state index is 14.5. The van der Waals surface area contributed by atoms with Crippen molar-refractivity contribution in [3.63, 3.8) is 0 Å². The molecule has 2 amide bonds. The van der Waals surface area contributed by atoms with Crippen LogP contribution in [-0.4, -0.2) is 25.8 Å². The number of alkyl halides is 3. The minimum absolute atomic E-state index is 0.00529. The Labute approximate surface area is 225 Å². The number of nitrogens with zero attached hydrogens (tertiary/aromatic N) is 4. The standard InChI is InChI=1S/C28H22F4N6O2/c1-16(2)23-14-26(38(37-23)18-5-9-22-17(12-18)4-3-11-33-22)36-27(39)35-24-13-19(6-8-21(24)29)40-20-7-10-25(34-15-20)28(30,31)32/h3-16H,1-2H3,(H2,35,36,39). The van der Waals surface area contributed by atoms with Gasteiger partial charge in [0, 0.05) is 23.7 Å². The number of fused-ring (bicyclic) bond motifs is 1. The number of amides is 2. The fraction of sp³-hybridized carbons (Fsp3) is 0.143. The van der Waals surface area contributed by atoms with E-state index in [0.29, 0.717) is 11.5 Å². The van der Waals surface area contributed by atoms with Crippen molar-refractivity contribution in [1.29, 1.82) is 0 Å². The lowest BCUT2D eigenvalue weighted by molar-refractivity contribution is -0.141. The van der Waals surface area contributed by atoms with E-state index in [1.54, 1.807) is 16.9 Å². The molecule has 0 radical (unpaired) electrons. The van der Waals surface area contributed by atoms with Gasteiger partial charge in [-0.25, -0.2) is 18.9 Å². The van der Waals surface area contributed by atoms with Crippen LogP contribution < -0.4 is 15.4 Å². The summed E-state index contributed by atoms with van der Waals surface area (Å²) in [4.78, 5) is 20.6. The molecule has 0 fully saturated rings. The molecule has 12 heteroatoms. The minimum atomic E-state index is -4.59. The third-order valence-electron chi connectivity index (χ3n) is 5.84. The number of urea groups is 1. The summed E-state index contributed by atoms with van der Waals surface area (Å²) in [6.07, 6.45) is -1.98. The van der Waals surface area contributed by atoms with Gasteiger partial charge in [-0.1, -0.05) is 19.9 Å². The number of halogens is 4. The Balaban J connectivity index is 1.35. The normalized spacial score (nSPS) is 11.6. The number of hydrogen-bond acceptors (Lipinski definition) is 5. The van der Waals surface area contributed by atoms with E-state index >= 15 is 0 Å². The molecule has 8 nitrogen and oxygen atoms in total. The molecular weight excluding hydrogens is 528 g/mol. The molecule has 3 heterocycles. The van der Waals surface area contributed by atoms with Crippen LogP contribution in [0.4, 0.5) is 33.9 Å². The topological polar surface area (TPSA) is 94.0 Å². The van der Waals surface area contributed by atoms with Crippen molar-refractivity contribution in [1.82, 2.24) is 19.7 Å². The Morgan fingerprint density at radius 2 is 1.75 bits per heavy atom. The SMILES string of the molecule is CC(C)c1cc(NC(=O)Nc2cc(Oc3ccc(C(F)(F)F)nc3)ccc2F)n(-c2ccc3ncccc3c2)n1. The number of ether oxygens (including phenoxy) is 1. The summed E-state index contributed by atoms with van der Waals surface area (Å²) in [5.74, 6) is -0.238. The quantitative estimate of drug-likeness (QED) is 0.213. The fourth-order valence-electron chi connectivity index (χ4n) is 3.84. The number of nitrogens with one attached hydrogen (secondary N) is 2. The lowest BCUT2D eigenvalue weighted by atomic mass is 10.1. The van der Waals surface area contributed by atoms with E-state index in [4.69, 9.17) is 4.74 Å². The highest BCUT2D eigenvalue weighted by Gasteiger charge is 2.32. The van der Waals surface area contributed by atoms with Crippen molar-refractivity contribution in [2.75, 3.05) is 10.6 Å². The highest BCUT2D eigenvalue weighted by Crippen LogP contribution is 2.31. The van der Waals surface area contributed by atoms with E-state index < -0.39 is 23.7 Å². The first-order valence-electron chi connectivity index (χ1n) is 12.1. The predicted octanol–water partition coefficient (Wildman–Crippen LogP) is 7.53. The molecule has 3 aromatic heterocycles. The zero-order chi connectivity index (χ0) is 28.4. The van der Waals surface area contributed by atoms with Crippen molar-refractivity contribution in [2.24, 2.45) is 0 Å². The first kappa shape index (κ1) is 26.6. The van der Waals surface area contributed by atoms with Gasteiger partial charge in [0.25, 0.3) is 0 Å². The zero-order valence-electron chi connectivity index (χ0n) is 21.2. The van der Waals surface area contributed by atoms with E-state index in [1.165, 1.54) is 12.1 Å². The molecule has 204 valence electrons. The molecule has 0 aliphatic rings.